The molecule has 3 heterocycles. The van der Waals surface area contributed by atoms with E-state index in [0.29, 0.717) is 57.1 Å². The quantitative estimate of drug-likeness (QED) is 0.264. The fourth-order valence-corrected chi connectivity index (χ4v) is 7.17. The molecule has 0 unspecified atom stereocenters. The summed E-state index contributed by atoms with van der Waals surface area (Å²) in [7, 11) is -3.71. The van der Waals surface area contributed by atoms with Crippen molar-refractivity contribution in [3.8, 4) is 5.75 Å². The minimum atomic E-state index is -3.71. The van der Waals surface area contributed by atoms with Crippen LogP contribution >= 0.6 is 0 Å². The number of anilines is 1. The van der Waals surface area contributed by atoms with E-state index in [9.17, 15) is 13.2 Å². The number of nitrogens with zero attached hydrogens (tertiary/aromatic N) is 3. The standard InChI is InChI=1S/C33H35N3O5S/c1-4-36-31-12-11-26(42(38,39)35-14-16-40-17-15-35)21-28(31)29(33(36)37)20-25-22-34(30-8-6-5-7-27(25)30)13-18-41-32-19-23(2)9-10-24(32)3/h5-12,19-22H,4,13-18H2,1-3H3. The molecule has 4 aromatic rings. The van der Waals surface area contributed by atoms with Gasteiger partial charge in [0.25, 0.3) is 5.91 Å². The third-order valence-electron chi connectivity index (χ3n) is 8.00. The molecule has 42 heavy (non-hydrogen) atoms. The molecule has 1 fully saturated rings. The molecular weight excluding hydrogens is 550 g/mol. The summed E-state index contributed by atoms with van der Waals surface area (Å²) in [5, 5.41) is 1.01. The first-order valence-electron chi connectivity index (χ1n) is 14.3. The normalized spacial score (nSPS) is 16.9. The Kier molecular flexibility index (Phi) is 7.66. The second kappa shape index (κ2) is 11.4. The van der Waals surface area contributed by atoms with Crippen LogP contribution < -0.4 is 9.64 Å². The van der Waals surface area contributed by atoms with Gasteiger partial charge in [-0.3, -0.25) is 4.79 Å². The molecule has 1 amide bonds. The minimum Gasteiger partial charge on any atom is -0.491 e. The molecule has 1 aromatic heterocycles. The molecule has 9 heteroatoms. The van der Waals surface area contributed by atoms with Crippen molar-refractivity contribution in [1.82, 2.24) is 8.87 Å². The topological polar surface area (TPSA) is 81.1 Å². The number of sulfonamides is 1. The number of aromatic nitrogens is 1. The number of amides is 1. The molecule has 6 rings (SSSR count). The summed E-state index contributed by atoms with van der Waals surface area (Å²) in [6.07, 6.45) is 3.94. The first-order valence-corrected chi connectivity index (χ1v) is 15.8. The highest BCUT2D eigenvalue weighted by atomic mass is 32.2. The number of rotatable bonds is 8. The molecule has 3 aromatic carbocycles. The Labute approximate surface area is 246 Å². The number of carbonyl (C=O) groups excluding carboxylic acids is 1. The minimum absolute atomic E-state index is 0.136. The van der Waals surface area contributed by atoms with Crippen molar-refractivity contribution in [3.05, 3.63) is 89.1 Å². The number of benzene rings is 3. The second-order valence-corrected chi connectivity index (χ2v) is 12.7. The Morgan fingerprint density at radius 2 is 1.79 bits per heavy atom. The van der Waals surface area contributed by atoms with E-state index in [0.717, 1.165) is 39.0 Å². The molecular formula is C33H35N3O5S. The van der Waals surface area contributed by atoms with E-state index in [-0.39, 0.29) is 10.8 Å². The van der Waals surface area contributed by atoms with E-state index in [2.05, 4.69) is 35.8 Å². The summed E-state index contributed by atoms with van der Waals surface area (Å²) < 4.78 is 42.0. The summed E-state index contributed by atoms with van der Waals surface area (Å²) >= 11 is 0. The monoisotopic (exact) mass is 585 g/mol. The maximum Gasteiger partial charge on any atom is 0.258 e. The van der Waals surface area contributed by atoms with Gasteiger partial charge in [-0.2, -0.15) is 4.31 Å². The Hall–Kier alpha value is -3.92. The van der Waals surface area contributed by atoms with E-state index in [4.69, 9.17) is 9.47 Å². The smallest absolute Gasteiger partial charge is 0.258 e. The first-order chi connectivity index (χ1) is 20.3. The Morgan fingerprint density at radius 1 is 1.00 bits per heavy atom. The summed E-state index contributed by atoms with van der Waals surface area (Å²) in [5.74, 6) is 0.743. The number of fused-ring (bicyclic) bond motifs is 2. The fourth-order valence-electron chi connectivity index (χ4n) is 5.73. The van der Waals surface area contributed by atoms with Crippen molar-refractivity contribution >= 4 is 44.2 Å². The van der Waals surface area contributed by atoms with Crippen LogP contribution in [-0.4, -0.2) is 62.7 Å². The predicted octanol–water partition coefficient (Wildman–Crippen LogP) is 5.27. The van der Waals surface area contributed by atoms with Crippen molar-refractivity contribution in [2.24, 2.45) is 0 Å². The van der Waals surface area contributed by atoms with Crippen LogP contribution in [0.1, 0.15) is 29.2 Å². The summed E-state index contributed by atoms with van der Waals surface area (Å²) in [6, 6.07) is 19.3. The Morgan fingerprint density at radius 3 is 2.57 bits per heavy atom. The zero-order valence-corrected chi connectivity index (χ0v) is 25.0. The van der Waals surface area contributed by atoms with Gasteiger partial charge < -0.3 is 18.9 Å². The molecule has 1 saturated heterocycles. The summed E-state index contributed by atoms with van der Waals surface area (Å²) in [4.78, 5) is 15.5. The molecule has 0 saturated carbocycles. The van der Waals surface area contributed by atoms with Gasteiger partial charge in [0.2, 0.25) is 10.0 Å². The lowest BCUT2D eigenvalue weighted by molar-refractivity contribution is -0.112. The number of hydrogen-bond acceptors (Lipinski definition) is 5. The average Bonchev–Trinajstić information content (AvgIpc) is 3.48. The lowest BCUT2D eigenvalue weighted by atomic mass is 10.0. The van der Waals surface area contributed by atoms with Crippen molar-refractivity contribution in [2.75, 3.05) is 44.4 Å². The fraction of sp³-hybridized carbons (Fsp3) is 0.303. The van der Waals surface area contributed by atoms with Crippen LogP contribution in [0, 0.1) is 13.8 Å². The molecule has 0 spiro atoms. The van der Waals surface area contributed by atoms with E-state index in [1.807, 2.05) is 44.3 Å². The molecule has 2 aliphatic heterocycles. The molecule has 218 valence electrons. The van der Waals surface area contributed by atoms with E-state index < -0.39 is 10.0 Å². The van der Waals surface area contributed by atoms with Crippen LogP contribution in [0.5, 0.6) is 5.75 Å². The maximum atomic E-state index is 13.6. The number of carbonyl (C=O) groups is 1. The van der Waals surface area contributed by atoms with Gasteiger partial charge in [0.05, 0.1) is 30.3 Å². The molecule has 0 bridgehead atoms. The third-order valence-corrected chi connectivity index (χ3v) is 9.90. The summed E-state index contributed by atoms with van der Waals surface area (Å²) in [5.41, 5.74) is 6.02. The number of morpholine rings is 1. The maximum absolute atomic E-state index is 13.6. The lowest BCUT2D eigenvalue weighted by Gasteiger charge is -2.26. The zero-order chi connectivity index (χ0) is 29.4. The van der Waals surface area contributed by atoms with Crippen molar-refractivity contribution in [3.63, 3.8) is 0 Å². The van der Waals surface area contributed by atoms with Gasteiger partial charge in [0.15, 0.2) is 0 Å². The van der Waals surface area contributed by atoms with E-state index >= 15 is 0 Å². The number of ether oxygens (including phenoxy) is 2. The van der Waals surface area contributed by atoms with E-state index in [1.54, 1.807) is 23.1 Å². The molecule has 0 N–H and O–H groups in total. The lowest BCUT2D eigenvalue weighted by Crippen LogP contribution is -2.40. The molecule has 0 atom stereocenters. The Balaban J connectivity index is 1.35. The van der Waals surface area contributed by atoms with Gasteiger partial charge in [-0.1, -0.05) is 30.3 Å². The highest BCUT2D eigenvalue weighted by Gasteiger charge is 2.34. The van der Waals surface area contributed by atoms with Gasteiger partial charge in [0, 0.05) is 53.4 Å². The highest BCUT2D eigenvalue weighted by Crippen LogP contribution is 2.40. The number of aryl methyl sites for hydroxylation is 2. The summed E-state index contributed by atoms with van der Waals surface area (Å²) in [6.45, 7) is 8.99. The molecule has 0 aliphatic carbocycles. The van der Waals surface area contributed by atoms with Gasteiger partial charge in [-0.05, 0) is 68.3 Å². The van der Waals surface area contributed by atoms with Gasteiger partial charge in [-0.25, -0.2) is 8.42 Å². The molecule has 0 radical (unpaired) electrons. The van der Waals surface area contributed by atoms with E-state index in [1.165, 1.54) is 4.31 Å². The SMILES string of the molecule is CCN1C(=O)C(=Cc2cn(CCOc3cc(C)ccc3C)c3ccccc23)c2cc(S(=O)(=O)N3CCOCC3)ccc21. The first kappa shape index (κ1) is 28.2. The van der Waals surface area contributed by atoms with Crippen LogP contribution in [0.4, 0.5) is 5.69 Å². The number of likely N-dealkylation sites (N-methyl/N-ethyl adjacent to an activating group) is 1. The highest BCUT2D eigenvalue weighted by molar-refractivity contribution is 7.89. The van der Waals surface area contributed by atoms with Crippen LogP contribution in [0.2, 0.25) is 0 Å². The largest absolute Gasteiger partial charge is 0.491 e. The van der Waals surface area contributed by atoms with Crippen molar-refractivity contribution in [1.29, 1.82) is 0 Å². The number of para-hydroxylation sites is 1. The Bertz CT molecular complexity index is 1800. The zero-order valence-electron chi connectivity index (χ0n) is 24.2. The van der Waals surface area contributed by atoms with Crippen molar-refractivity contribution < 1.29 is 22.7 Å². The molecule has 2 aliphatic rings. The average molecular weight is 586 g/mol. The predicted molar refractivity (Wildman–Crippen MR) is 165 cm³/mol. The second-order valence-electron chi connectivity index (χ2n) is 10.7. The number of hydrogen-bond donors (Lipinski definition) is 0. The van der Waals surface area contributed by atoms with Gasteiger partial charge >= 0.3 is 0 Å². The van der Waals surface area contributed by atoms with Gasteiger partial charge in [-0.15, -0.1) is 0 Å². The van der Waals surface area contributed by atoms with Crippen LogP contribution in [0.15, 0.2) is 71.8 Å². The van der Waals surface area contributed by atoms with Crippen LogP contribution in [-0.2, 0) is 26.1 Å². The third kappa shape index (κ3) is 5.12. The molecule has 8 nitrogen and oxygen atoms in total. The van der Waals surface area contributed by atoms with Crippen LogP contribution in [0.25, 0.3) is 22.6 Å². The van der Waals surface area contributed by atoms with Crippen molar-refractivity contribution in [2.45, 2.75) is 32.2 Å². The van der Waals surface area contributed by atoms with Gasteiger partial charge in [0.1, 0.15) is 12.4 Å². The van der Waals surface area contributed by atoms with Crippen LogP contribution in [0.3, 0.4) is 0 Å².